The highest BCUT2D eigenvalue weighted by Crippen LogP contribution is 2.42. The fraction of sp³-hybridized carbons (Fsp3) is 0.103. The van der Waals surface area contributed by atoms with Crippen molar-refractivity contribution in [1.82, 2.24) is 0 Å². The first-order valence-electron chi connectivity index (χ1n) is 11.7. The number of thioether (sulfide) groups is 1. The maximum absolute atomic E-state index is 13.3. The Morgan fingerprint density at radius 2 is 1.87 bits per heavy atom. The van der Waals surface area contributed by atoms with Crippen LogP contribution in [0, 0.1) is 0 Å². The van der Waals surface area contributed by atoms with E-state index >= 15 is 0 Å². The Kier molecular flexibility index (Phi) is 6.73. The molecule has 6 rings (SSSR count). The summed E-state index contributed by atoms with van der Waals surface area (Å²) in [5.41, 5.74) is 2.49. The second-order valence-corrected chi connectivity index (χ2v) is 11.0. The summed E-state index contributed by atoms with van der Waals surface area (Å²) < 4.78 is 23.9. The zero-order valence-corrected chi connectivity index (χ0v) is 23.3. The largest absolute Gasteiger partial charge is 0.493 e. The maximum atomic E-state index is 13.3. The average molecular weight is 607 g/mol. The lowest BCUT2D eigenvalue weighted by Crippen LogP contribution is -2.27. The molecule has 0 saturated carbocycles. The summed E-state index contributed by atoms with van der Waals surface area (Å²) in [6, 6.07) is 23.4. The molecule has 0 N–H and O–H groups in total. The lowest BCUT2D eigenvalue weighted by molar-refractivity contribution is -0.113. The van der Waals surface area contributed by atoms with Crippen LogP contribution in [0.15, 0.2) is 82.2 Å². The molecule has 0 radical (unpaired) electrons. The molecule has 2 aliphatic rings. The van der Waals surface area contributed by atoms with Crippen LogP contribution in [0.5, 0.6) is 23.0 Å². The van der Waals surface area contributed by atoms with Crippen LogP contribution >= 0.6 is 39.9 Å². The highest BCUT2D eigenvalue weighted by molar-refractivity contribution is 9.10. The third-order valence-corrected chi connectivity index (χ3v) is 8.10. The van der Waals surface area contributed by atoms with Gasteiger partial charge in [0, 0.05) is 6.07 Å². The molecule has 1 saturated heterocycles. The molecule has 4 aromatic rings. The van der Waals surface area contributed by atoms with Crippen LogP contribution in [0.1, 0.15) is 11.1 Å². The monoisotopic (exact) mass is 605 g/mol. The molecule has 2 heterocycles. The van der Waals surface area contributed by atoms with Gasteiger partial charge in [0.25, 0.3) is 5.91 Å². The van der Waals surface area contributed by atoms with Crippen molar-refractivity contribution >= 4 is 72.7 Å². The molecule has 1 fully saturated rings. The van der Waals surface area contributed by atoms with Crippen molar-refractivity contribution in [2.24, 2.45) is 0 Å². The van der Waals surface area contributed by atoms with Crippen molar-refractivity contribution in [2.75, 3.05) is 18.8 Å². The highest BCUT2D eigenvalue weighted by Gasteiger charge is 2.34. The van der Waals surface area contributed by atoms with E-state index < -0.39 is 0 Å². The van der Waals surface area contributed by atoms with E-state index in [0.717, 1.165) is 26.4 Å². The second kappa shape index (κ2) is 10.3. The van der Waals surface area contributed by atoms with Crippen molar-refractivity contribution in [3.05, 3.63) is 93.3 Å². The normalized spacial score (nSPS) is 15.5. The number of nitrogens with zero attached hydrogens (tertiary/aromatic N) is 1. The van der Waals surface area contributed by atoms with Gasteiger partial charge in [-0.2, -0.15) is 0 Å². The predicted octanol–water partition coefficient (Wildman–Crippen LogP) is 7.32. The number of ether oxygens (including phenoxy) is 4. The molecular formula is C29H20BrNO5S2. The Bertz CT molecular complexity index is 1630. The van der Waals surface area contributed by atoms with E-state index in [0.29, 0.717) is 44.5 Å². The zero-order valence-electron chi connectivity index (χ0n) is 20.1. The van der Waals surface area contributed by atoms with Crippen molar-refractivity contribution in [2.45, 2.75) is 6.61 Å². The average Bonchev–Trinajstić information content (AvgIpc) is 3.50. The van der Waals surface area contributed by atoms with E-state index in [9.17, 15) is 4.79 Å². The number of fused-ring (bicyclic) bond motifs is 2. The molecule has 0 atom stereocenters. The Balaban J connectivity index is 1.25. The quantitative estimate of drug-likeness (QED) is 0.168. The van der Waals surface area contributed by atoms with Crippen LogP contribution in [0.25, 0.3) is 16.8 Å². The predicted molar refractivity (Wildman–Crippen MR) is 157 cm³/mol. The van der Waals surface area contributed by atoms with Gasteiger partial charge >= 0.3 is 0 Å². The molecule has 4 aromatic carbocycles. The Labute approximate surface area is 237 Å². The van der Waals surface area contributed by atoms with Crippen LogP contribution in [0.2, 0.25) is 0 Å². The number of amides is 1. The minimum Gasteiger partial charge on any atom is -0.493 e. The fourth-order valence-electron chi connectivity index (χ4n) is 4.40. The van der Waals surface area contributed by atoms with Crippen molar-refractivity contribution in [3.63, 3.8) is 0 Å². The van der Waals surface area contributed by atoms with Crippen LogP contribution < -0.4 is 23.8 Å². The third kappa shape index (κ3) is 4.62. The topological polar surface area (TPSA) is 57.2 Å². The van der Waals surface area contributed by atoms with Crippen molar-refractivity contribution in [1.29, 1.82) is 0 Å². The summed E-state index contributed by atoms with van der Waals surface area (Å²) in [6.07, 6.45) is 1.80. The van der Waals surface area contributed by atoms with Crippen molar-refractivity contribution < 1.29 is 23.7 Å². The molecule has 0 bridgehead atoms. The smallest absolute Gasteiger partial charge is 0.270 e. The molecule has 38 heavy (non-hydrogen) atoms. The first-order chi connectivity index (χ1) is 18.5. The van der Waals surface area contributed by atoms with E-state index in [2.05, 4.69) is 40.2 Å². The Hall–Kier alpha value is -3.53. The standard InChI is InChI=1S/C29H20BrNO5S2/c1-33-25-12-17(11-22(30)27(25)34-15-19-7-4-6-18-5-2-3-8-21(18)19)13-26-28(32)31(29(37)38-26)20-9-10-23-24(14-20)36-16-35-23/h2-14H,15-16H2,1H3/b26-13+. The van der Waals surface area contributed by atoms with Gasteiger partial charge in [-0.25, -0.2) is 0 Å². The number of carbonyl (C=O) groups is 1. The molecule has 0 aliphatic carbocycles. The summed E-state index contributed by atoms with van der Waals surface area (Å²) >= 11 is 10.4. The van der Waals surface area contributed by atoms with Crippen LogP contribution in [-0.2, 0) is 11.4 Å². The molecule has 1 amide bonds. The van der Waals surface area contributed by atoms with Gasteiger partial charge in [-0.15, -0.1) is 0 Å². The molecule has 2 aliphatic heterocycles. The second-order valence-electron chi connectivity index (χ2n) is 8.52. The summed E-state index contributed by atoms with van der Waals surface area (Å²) in [4.78, 5) is 15.3. The number of carbonyl (C=O) groups excluding carboxylic acids is 1. The van der Waals surface area contributed by atoms with Gasteiger partial charge in [0.15, 0.2) is 27.3 Å². The van der Waals surface area contributed by atoms with Gasteiger partial charge in [0.1, 0.15) is 6.61 Å². The Morgan fingerprint density at radius 1 is 1.05 bits per heavy atom. The number of rotatable bonds is 6. The molecule has 6 nitrogen and oxygen atoms in total. The number of benzene rings is 4. The summed E-state index contributed by atoms with van der Waals surface area (Å²) in [6.45, 7) is 0.541. The zero-order chi connectivity index (χ0) is 26.2. The van der Waals surface area contributed by atoms with E-state index in [-0.39, 0.29) is 12.7 Å². The number of thiocarbonyl (C=S) groups is 1. The van der Waals surface area contributed by atoms with Crippen LogP contribution in [0.3, 0.4) is 0 Å². The van der Waals surface area contributed by atoms with Crippen LogP contribution in [0.4, 0.5) is 5.69 Å². The SMILES string of the molecule is COc1cc(/C=C2/SC(=S)N(c3ccc4c(c3)OCO4)C2=O)cc(Br)c1OCc1cccc2ccccc12. The van der Waals surface area contributed by atoms with Gasteiger partial charge in [0.05, 0.1) is 22.2 Å². The number of methoxy groups -OCH3 is 1. The van der Waals surface area contributed by atoms with Gasteiger partial charge in [-0.1, -0.05) is 66.4 Å². The highest BCUT2D eigenvalue weighted by atomic mass is 79.9. The summed E-state index contributed by atoms with van der Waals surface area (Å²) in [5, 5.41) is 2.30. The Morgan fingerprint density at radius 3 is 2.74 bits per heavy atom. The maximum Gasteiger partial charge on any atom is 0.270 e. The van der Waals surface area contributed by atoms with E-state index in [1.165, 1.54) is 16.7 Å². The van der Waals surface area contributed by atoms with Gasteiger partial charge in [-0.3, -0.25) is 9.69 Å². The van der Waals surface area contributed by atoms with E-state index in [1.807, 2.05) is 30.3 Å². The fourth-order valence-corrected chi connectivity index (χ4v) is 6.27. The molecule has 0 spiro atoms. The lowest BCUT2D eigenvalue weighted by atomic mass is 10.1. The van der Waals surface area contributed by atoms with Gasteiger partial charge in [-0.05, 0) is 68.2 Å². The number of hydrogen-bond acceptors (Lipinski definition) is 7. The van der Waals surface area contributed by atoms with Crippen molar-refractivity contribution in [3.8, 4) is 23.0 Å². The number of hydrogen-bond donors (Lipinski definition) is 0. The van der Waals surface area contributed by atoms with E-state index in [1.54, 1.807) is 31.4 Å². The van der Waals surface area contributed by atoms with Gasteiger partial charge < -0.3 is 18.9 Å². The minimum absolute atomic E-state index is 0.162. The van der Waals surface area contributed by atoms with E-state index in [4.69, 9.17) is 31.2 Å². The first-order valence-corrected chi connectivity index (χ1v) is 13.7. The van der Waals surface area contributed by atoms with Gasteiger partial charge in [0.2, 0.25) is 6.79 Å². The molecule has 9 heteroatoms. The number of halogens is 1. The molecule has 0 aromatic heterocycles. The summed E-state index contributed by atoms with van der Waals surface area (Å²) in [7, 11) is 1.59. The van der Waals surface area contributed by atoms with Crippen LogP contribution in [-0.4, -0.2) is 24.1 Å². The lowest BCUT2D eigenvalue weighted by Gasteiger charge is -2.15. The minimum atomic E-state index is -0.203. The summed E-state index contributed by atoms with van der Waals surface area (Å²) in [5.74, 6) is 2.18. The molecule has 0 unspecified atom stereocenters. The first kappa shape index (κ1) is 24.8. The molecule has 190 valence electrons. The number of anilines is 1. The third-order valence-electron chi connectivity index (χ3n) is 6.21. The molecular weight excluding hydrogens is 586 g/mol.